The van der Waals surface area contributed by atoms with Crippen LogP contribution in [0.4, 0.5) is 0 Å². The van der Waals surface area contributed by atoms with E-state index in [0.717, 1.165) is 0 Å². The van der Waals surface area contributed by atoms with Gasteiger partial charge in [0.25, 0.3) is 0 Å². The molecule has 1 nitrogen and oxygen atoms in total. The van der Waals surface area contributed by atoms with Crippen LogP contribution in [0.5, 0.6) is 0 Å². The average molecular weight is 548 g/mol. The molecule has 0 saturated carbocycles. The maximum atomic E-state index is 6.10. The topological polar surface area (TPSA) is 9.23 Å². The second kappa shape index (κ2) is 7.84. The third kappa shape index (κ3) is 5.43. The second-order valence-corrected chi connectivity index (χ2v) is 22.5. The second-order valence-electron chi connectivity index (χ2n) is 2.99. The summed E-state index contributed by atoms with van der Waals surface area (Å²) in [6.45, 7) is 0. The molecule has 0 amide bonds. The van der Waals surface area contributed by atoms with Gasteiger partial charge in [-0.25, -0.2) is 0 Å². The van der Waals surface area contributed by atoms with Crippen LogP contribution >= 0.6 is 138 Å². The fourth-order valence-electron chi connectivity index (χ4n) is 0.668. The molecule has 0 N–H and O–H groups in total. The van der Waals surface area contributed by atoms with Gasteiger partial charge in [-0.15, -0.1) is 68.6 Å². The maximum Gasteiger partial charge on any atom is 0.366 e. The van der Waals surface area contributed by atoms with Crippen molar-refractivity contribution in [3.05, 3.63) is 0 Å². The van der Waals surface area contributed by atoms with Gasteiger partial charge in [-0.3, -0.25) is 0 Å². The summed E-state index contributed by atoms with van der Waals surface area (Å²) in [5, 5.41) is 0. The summed E-state index contributed by atoms with van der Waals surface area (Å²) in [7, 11) is -8.06. The average Bonchev–Trinajstić information content (AvgIpc) is 2.12. The van der Waals surface area contributed by atoms with E-state index >= 15 is 0 Å². The highest BCUT2D eigenvalue weighted by molar-refractivity contribution is 7.40. The number of halogens is 12. The molecule has 0 heterocycles. The van der Waals surface area contributed by atoms with Gasteiger partial charge in [0.2, 0.25) is 6.83 Å². The molecule has 0 fully saturated rings. The Balaban J connectivity index is 5.69. The lowest BCUT2D eigenvalue weighted by atomic mass is 11.8. The Morgan fingerprint density at radius 3 is 0.947 bits per heavy atom. The van der Waals surface area contributed by atoms with Crippen molar-refractivity contribution in [3.63, 3.8) is 0 Å². The Hall–Kier alpha value is 3.87. The van der Waals surface area contributed by atoms with Crippen LogP contribution in [0, 0.1) is 0 Å². The van der Waals surface area contributed by atoms with Crippen molar-refractivity contribution in [2.75, 3.05) is 0 Å². The van der Waals surface area contributed by atoms with E-state index in [4.69, 9.17) is 142 Å². The van der Waals surface area contributed by atoms with Crippen molar-refractivity contribution in [2.45, 2.75) is 15.8 Å². The van der Waals surface area contributed by atoms with Crippen LogP contribution < -0.4 is 0 Å². The summed E-state index contributed by atoms with van der Waals surface area (Å²) < 4.78 is -1.80. The first-order valence-electron chi connectivity index (χ1n) is 3.87. The maximum absolute atomic E-state index is 6.10. The normalized spacial score (nSPS) is 20.5. The van der Waals surface area contributed by atoms with Gasteiger partial charge in [-0.1, -0.05) is 69.6 Å². The number of hydrogen-bond donors (Lipinski definition) is 0. The zero-order valence-electron chi connectivity index (χ0n) is 8.10. The Morgan fingerprint density at radius 2 is 0.842 bits per heavy atom. The van der Waals surface area contributed by atoms with E-state index in [-0.39, 0.29) is 0 Å². The van der Waals surface area contributed by atoms with Gasteiger partial charge < -0.3 is 4.12 Å². The fourth-order valence-corrected chi connectivity index (χ4v) is 16.7. The summed E-state index contributed by atoms with van der Waals surface area (Å²) in [4.78, 5) is 0. The van der Waals surface area contributed by atoms with Crippen LogP contribution in [0.3, 0.4) is 0 Å². The van der Waals surface area contributed by atoms with E-state index in [9.17, 15) is 0 Å². The summed E-state index contributed by atoms with van der Waals surface area (Å²) in [5.74, 6) is 0. The highest BCUT2D eigenvalue weighted by Crippen LogP contribution is 2.52. The van der Waals surface area contributed by atoms with Crippen molar-refractivity contribution < 1.29 is 4.12 Å². The molecule has 0 aromatic carbocycles. The standard InChI is InChI=1S/C4H2Cl12OSi2/c5-1(6)18(15,3(9,10)11)17-19(16,2(7)8)4(12,13)14/h1-2H. The lowest BCUT2D eigenvalue weighted by molar-refractivity contribution is 0.562. The molecular weight excluding hydrogens is 546 g/mol. The highest BCUT2D eigenvalue weighted by Gasteiger charge is 2.68. The van der Waals surface area contributed by atoms with Gasteiger partial charge in [-0.2, -0.15) is 0 Å². The van der Waals surface area contributed by atoms with Crippen molar-refractivity contribution in [2.24, 2.45) is 0 Å². The number of hydrogen-bond acceptors (Lipinski definition) is 1. The van der Waals surface area contributed by atoms with Crippen molar-refractivity contribution in [1.82, 2.24) is 0 Å². The molecule has 2 atom stereocenters. The molecule has 19 heavy (non-hydrogen) atoms. The first-order chi connectivity index (χ1) is 8.09. The van der Waals surface area contributed by atoms with Gasteiger partial charge >= 0.3 is 15.3 Å². The third-order valence-corrected chi connectivity index (χ3v) is 22.9. The third-order valence-electron chi connectivity index (χ3n) is 1.63. The SMILES string of the molecule is ClC(Cl)[Si](Cl)(O[Si](Cl)(C(Cl)Cl)C(Cl)(Cl)Cl)C(Cl)(Cl)Cl. The van der Waals surface area contributed by atoms with E-state index in [2.05, 4.69) is 0 Å². The Kier molecular flexibility index (Phi) is 9.43. The lowest BCUT2D eigenvalue weighted by Gasteiger charge is -2.41. The Bertz CT molecular complexity index is 282. The van der Waals surface area contributed by atoms with E-state index < -0.39 is 31.0 Å². The smallest absolute Gasteiger partial charge is 0.366 e. The monoisotopic (exact) mass is 542 g/mol. The summed E-state index contributed by atoms with van der Waals surface area (Å²) in [5.41, 5.74) is 0. The minimum Gasteiger partial charge on any atom is -0.425 e. The zero-order chi connectivity index (χ0) is 15.9. The summed E-state index contributed by atoms with van der Waals surface area (Å²) >= 11 is 69.2. The lowest BCUT2D eigenvalue weighted by Crippen LogP contribution is -2.65. The van der Waals surface area contributed by atoms with Crippen LogP contribution in [0.15, 0.2) is 0 Å². The molecule has 0 aliphatic heterocycles. The molecule has 0 radical (unpaired) electrons. The minimum atomic E-state index is -4.03. The van der Waals surface area contributed by atoms with E-state index in [1.54, 1.807) is 0 Å². The molecular formula is C4H2Cl12OSi2. The predicted octanol–water partition coefficient (Wildman–Crippen LogP) is 6.87. The number of alkyl halides is 10. The number of rotatable bonds is 4. The van der Waals surface area contributed by atoms with Gasteiger partial charge in [0.15, 0.2) is 0 Å². The van der Waals surface area contributed by atoms with Gasteiger partial charge in [-0.05, 0) is 0 Å². The van der Waals surface area contributed by atoms with Gasteiger partial charge in [0, 0.05) is 0 Å². The first kappa shape index (κ1) is 22.9. The van der Waals surface area contributed by atoms with Gasteiger partial charge in [0.05, 0.1) is 0 Å². The molecule has 0 aromatic rings. The molecule has 0 aliphatic rings. The van der Waals surface area contributed by atoms with Crippen LogP contribution in [-0.2, 0) is 4.12 Å². The van der Waals surface area contributed by atoms with Gasteiger partial charge in [0.1, 0.15) is 8.92 Å². The van der Waals surface area contributed by atoms with E-state index in [1.807, 2.05) is 0 Å². The Labute approximate surface area is 171 Å². The van der Waals surface area contributed by atoms with Crippen molar-refractivity contribution in [1.29, 1.82) is 0 Å². The quantitative estimate of drug-likeness (QED) is 0.212. The first-order valence-corrected chi connectivity index (χ1v) is 13.9. The molecule has 0 rings (SSSR count). The zero-order valence-corrected chi connectivity index (χ0v) is 19.2. The van der Waals surface area contributed by atoms with Crippen molar-refractivity contribution >= 4 is 153 Å². The molecule has 0 bridgehead atoms. The van der Waals surface area contributed by atoms with Crippen LogP contribution in [-0.4, -0.2) is 31.0 Å². The molecule has 2 unspecified atom stereocenters. The highest BCUT2D eigenvalue weighted by atomic mass is 35.6. The molecule has 0 spiro atoms. The fraction of sp³-hybridized carbons (Fsp3) is 1.00. The van der Waals surface area contributed by atoms with E-state index in [1.165, 1.54) is 0 Å². The predicted molar refractivity (Wildman–Crippen MR) is 95.9 cm³/mol. The molecule has 0 saturated heterocycles. The van der Waals surface area contributed by atoms with Crippen LogP contribution in [0.1, 0.15) is 0 Å². The molecule has 0 aliphatic carbocycles. The summed E-state index contributed by atoms with van der Waals surface area (Å²) in [6, 6.07) is 0. The van der Waals surface area contributed by atoms with E-state index in [0.29, 0.717) is 0 Å². The Morgan fingerprint density at radius 1 is 0.632 bits per heavy atom. The molecule has 0 aromatic heterocycles. The largest absolute Gasteiger partial charge is 0.425 e. The molecule has 15 heteroatoms. The minimum absolute atomic E-state index is 1.41. The molecule has 116 valence electrons. The van der Waals surface area contributed by atoms with Crippen LogP contribution in [0.2, 0.25) is 0 Å². The van der Waals surface area contributed by atoms with Crippen LogP contribution in [0.25, 0.3) is 0 Å². The van der Waals surface area contributed by atoms with Crippen molar-refractivity contribution in [3.8, 4) is 0 Å². The summed E-state index contributed by atoms with van der Waals surface area (Å²) in [6.07, 6.45) is 0.